The van der Waals surface area contributed by atoms with Gasteiger partial charge in [-0.05, 0) is 50.6 Å². The lowest BCUT2D eigenvalue weighted by Crippen LogP contribution is -2.06. The van der Waals surface area contributed by atoms with E-state index in [0.29, 0.717) is 22.5 Å². The highest BCUT2D eigenvalue weighted by Gasteiger charge is 2.14. The van der Waals surface area contributed by atoms with Crippen LogP contribution < -0.4 is 4.74 Å². The summed E-state index contributed by atoms with van der Waals surface area (Å²) in [6.07, 6.45) is -0.184. The Morgan fingerprint density at radius 2 is 2.00 bits per heavy atom. The molecule has 3 rings (SSSR count). The Labute approximate surface area is 140 Å². The van der Waals surface area contributed by atoms with E-state index in [4.69, 9.17) is 20.9 Å². The van der Waals surface area contributed by atoms with Crippen LogP contribution in [0.25, 0.3) is 22.8 Å². The van der Waals surface area contributed by atoms with Gasteiger partial charge in [-0.25, -0.2) is 0 Å². The fraction of sp³-hybridized carbons (Fsp3) is 0.167. The molecule has 2 aromatic carbocycles. The molecule has 0 saturated heterocycles. The normalized spacial score (nSPS) is 11.0. The number of hydrogen-bond acceptors (Lipinski definition) is 4. The van der Waals surface area contributed by atoms with Crippen molar-refractivity contribution in [2.75, 3.05) is 0 Å². The van der Waals surface area contributed by atoms with Gasteiger partial charge >= 0.3 is 0 Å². The second kappa shape index (κ2) is 6.42. The summed E-state index contributed by atoms with van der Waals surface area (Å²) < 4.78 is 10.9. The van der Waals surface area contributed by atoms with Crippen molar-refractivity contribution in [1.29, 1.82) is 0 Å². The van der Waals surface area contributed by atoms with Crippen LogP contribution in [0.15, 0.2) is 47.0 Å². The molecule has 1 heterocycles. The van der Waals surface area contributed by atoms with Gasteiger partial charge in [-0.15, -0.1) is 0 Å². The van der Waals surface area contributed by atoms with Crippen LogP contribution in [-0.2, 0) is 0 Å². The predicted octanol–water partition coefficient (Wildman–Crippen LogP) is 4.97. The Hall–Kier alpha value is -2.33. The summed E-state index contributed by atoms with van der Waals surface area (Å²) in [6.45, 7) is 7.63. The van der Waals surface area contributed by atoms with Gasteiger partial charge in [0.1, 0.15) is 5.75 Å². The van der Waals surface area contributed by atoms with Crippen molar-refractivity contribution in [2.24, 2.45) is 0 Å². The summed E-state index contributed by atoms with van der Waals surface area (Å²) in [6, 6.07) is 13.2. The average molecular weight is 328 g/mol. The molecule has 4 nitrogen and oxygen atoms in total. The summed E-state index contributed by atoms with van der Waals surface area (Å²) >= 11 is 6.23. The molecule has 0 aliphatic carbocycles. The Morgan fingerprint density at radius 3 is 2.70 bits per heavy atom. The van der Waals surface area contributed by atoms with Crippen LogP contribution in [0, 0.1) is 13.8 Å². The summed E-state index contributed by atoms with van der Waals surface area (Å²) in [4.78, 5) is 4.45. The summed E-state index contributed by atoms with van der Waals surface area (Å²) in [7, 11) is 0. The van der Waals surface area contributed by atoms with E-state index in [2.05, 4.69) is 17.1 Å². The zero-order valence-electron chi connectivity index (χ0n) is 12.9. The number of halogens is 1. The van der Waals surface area contributed by atoms with Crippen LogP contribution >= 0.6 is 11.6 Å². The molecule has 3 aromatic rings. The molecule has 0 amide bonds. The fourth-order valence-electron chi connectivity index (χ4n) is 2.22. The van der Waals surface area contributed by atoms with E-state index in [1.807, 2.05) is 44.2 Å². The van der Waals surface area contributed by atoms with Crippen molar-refractivity contribution in [3.63, 3.8) is 0 Å². The second-order valence-electron chi connectivity index (χ2n) is 5.31. The molecular weight excluding hydrogens is 312 g/mol. The van der Waals surface area contributed by atoms with Gasteiger partial charge in [0.15, 0.2) is 0 Å². The Bertz CT molecular complexity index is 827. The highest BCUT2D eigenvalue weighted by atomic mass is 35.5. The molecule has 0 aliphatic rings. The molecule has 0 aliphatic heterocycles. The number of aryl methyl sites for hydroxylation is 1. The molecule has 117 valence electrons. The largest absolute Gasteiger partial charge is 0.489 e. The lowest BCUT2D eigenvalue weighted by molar-refractivity contribution is 0.267. The molecule has 0 fully saturated rings. The quantitative estimate of drug-likeness (QED) is 0.679. The SMILES string of the molecule is [CH2]C(C)Oc1ccc(-c2noc(-c3ccccc3C)n2)cc1Cl. The van der Waals surface area contributed by atoms with Crippen molar-refractivity contribution in [3.8, 4) is 28.6 Å². The van der Waals surface area contributed by atoms with Gasteiger partial charge in [-0.3, -0.25) is 0 Å². The van der Waals surface area contributed by atoms with Gasteiger partial charge in [0.2, 0.25) is 5.82 Å². The first-order valence-corrected chi connectivity index (χ1v) is 7.62. The first-order chi connectivity index (χ1) is 11.0. The summed E-state index contributed by atoms with van der Waals surface area (Å²) in [5.41, 5.74) is 2.76. The maximum Gasteiger partial charge on any atom is 0.258 e. The first-order valence-electron chi connectivity index (χ1n) is 7.24. The van der Waals surface area contributed by atoms with Gasteiger partial charge in [-0.2, -0.15) is 4.98 Å². The molecule has 23 heavy (non-hydrogen) atoms. The molecule has 0 saturated carbocycles. The molecule has 0 spiro atoms. The number of nitrogens with zero attached hydrogens (tertiary/aromatic N) is 2. The van der Waals surface area contributed by atoms with Crippen LogP contribution in [0.1, 0.15) is 12.5 Å². The minimum absolute atomic E-state index is 0.184. The van der Waals surface area contributed by atoms with E-state index in [-0.39, 0.29) is 6.10 Å². The van der Waals surface area contributed by atoms with Crippen LogP contribution in [-0.4, -0.2) is 16.2 Å². The zero-order chi connectivity index (χ0) is 16.4. The van der Waals surface area contributed by atoms with Gasteiger partial charge in [0.05, 0.1) is 11.1 Å². The third-order valence-corrected chi connectivity index (χ3v) is 3.62. The number of ether oxygens (including phenoxy) is 1. The molecule has 1 unspecified atom stereocenters. The van der Waals surface area contributed by atoms with Gasteiger partial charge in [0, 0.05) is 11.1 Å². The van der Waals surface area contributed by atoms with Crippen molar-refractivity contribution in [2.45, 2.75) is 20.0 Å². The van der Waals surface area contributed by atoms with E-state index in [0.717, 1.165) is 16.7 Å². The fourth-order valence-corrected chi connectivity index (χ4v) is 2.44. The van der Waals surface area contributed by atoms with Crippen molar-refractivity contribution >= 4 is 11.6 Å². The molecule has 1 radical (unpaired) electrons. The number of rotatable bonds is 4. The minimum Gasteiger partial charge on any atom is -0.489 e. The lowest BCUT2D eigenvalue weighted by atomic mass is 10.1. The molecule has 1 aromatic heterocycles. The van der Waals surface area contributed by atoms with E-state index < -0.39 is 0 Å². The topological polar surface area (TPSA) is 48.2 Å². The van der Waals surface area contributed by atoms with Gasteiger partial charge in [-0.1, -0.05) is 35.0 Å². The monoisotopic (exact) mass is 327 g/mol. The van der Waals surface area contributed by atoms with Crippen LogP contribution in [0.4, 0.5) is 0 Å². The van der Waals surface area contributed by atoms with Crippen LogP contribution in [0.2, 0.25) is 5.02 Å². The molecule has 0 bridgehead atoms. The smallest absolute Gasteiger partial charge is 0.258 e. The average Bonchev–Trinajstić information content (AvgIpc) is 2.99. The highest BCUT2D eigenvalue weighted by molar-refractivity contribution is 6.32. The highest BCUT2D eigenvalue weighted by Crippen LogP contribution is 2.31. The Morgan fingerprint density at radius 1 is 1.22 bits per heavy atom. The third kappa shape index (κ3) is 3.37. The van der Waals surface area contributed by atoms with E-state index in [9.17, 15) is 0 Å². The molecule has 0 N–H and O–H groups in total. The first kappa shape index (κ1) is 15.6. The van der Waals surface area contributed by atoms with Crippen molar-refractivity contribution in [3.05, 3.63) is 60.0 Å². The maximum atomic E-state index is 6.23. The molecule has 1 atom stereocenters. The van der Waals surface area contributed by atoms with E-state index in [1.54, 1.807) is 12.1 Å². The van der Waals surface area contributed by atoms with Crippen molar-refractivity contribution < 1.29 is 9.26 Å². The van der Waals surface area contributed by atoms with Crippen LogP contribution in [0.5, 0.6) is 5.75 Å². The van der Waals surface area contributed by atoms with E-state index >= 15 is 0 Å². The minimum atomic E-state index is -0.184. The Kier molecular flexibility index (Phi) is 4.35. The maximum absolute atomic E-state index is 6.23. The number of hydrogen-bond donors (Lipinski definition) is 0. The van der Waals surface area contributed by atoms with E-state index in [1.165, 1.54) is 0 Å². The standard InChI is InChI=1S/C18H16ClN2O2/c1-11(2)22-16-9-8-13(10-15(16)19)17-20-18(23-21-17)14-7-5-4-6-12(14)3/h4-11H,1H2,2-3H3. The third-order valence-electron chi connectivity index (χ3n) is 3.32. The number of benzene rings is 2. The van der Waals surface area contributed by atoms with Gasteiger partial charge in [0.25, 0.3) is 5.89 Å². The molecular formula is C18H16ClN2O2. The zero-order valence-corrected chi connectivity index (χ0v) is 13.7. The second-order valence-corrected chi connectivity index (χ2v) is 5.72. The summed E-state index contributed by atoms with van der Waals surface area (Å²) in [5.74, 6) is 1.56. The predicted molar refractivity (Wildman–Crippen MR) is 90.4 cm³/mol. The number of aromatic nitrogens is 2. The lowest BCUT2D eigenvalue weighted by Gasteiger charge is -2.11. The van der Waals surface area contributed by atoms with Crippen LogP contribution in [0.3, 0.4) is 0 Å². The summed E-state index contributed by atoms with van der Waals surface area (Å²) in [5, 5.41) is 4.52. The molecule has 5 heteroatoms. The van der Waals surface area contributed by atoms with Crippen molar-refractivity contribution in [1.82, 2.24) is 10.1 Å². The van der Waals surface area contributed by atoms with Gasteiger partial charge < -0.3 is 9.26 Å². The Balaban J connectivity index is 1.92.